The zero-order valence-corrected chi connectivity index (χ0v) is 41.9. The largest absolute Gasteiger partial charge is 0.494 e. The van der Waals surface area contributed by atoms with E-state index in [1.165, 1.54) is 36.7 Å². The van der Waals surface area contributed by atoms with Crippen molar-refractivity contribution in [3.8, 4) is 11.5 Å². The Balaban J connectivity index is 1.25. The van der Waals surface area contributed by atoms with Crippen molar-refractivity contribution in [1.82, 2.24) is 0 Å². The van der Waals surface area contributed by atoms with Gasteiger partial charge in [0.1, 0.15) is 11.5 Å². The van der Waals surface area contributed by atoms with Crippen LogP contribution in [0.15, 0.2) is 107 Å². The quantitative estimate of drug-likeness (QED) is 0.0323. The van der Waals surface area contributed by atoms with Gasteiger partial charge in [-0.05, 0) is 114 Å². The maximum absolute atomic E-state index is 14.2. The number of halogens is 34. The molecule has 0 spiro atoms. The highest BCUT2D eigenvalue weighted by atomic mass is 19.4. The molecule has 0 aliphatic carbocycles. The average Bonchev–Trinajstić information content (AvgIpc) is 0.713. The van der Waals surface area contributed by atoms with E-state index in [9.17, 15) is 149 Å². The SMILES string of the molecule is FC(F)(F)C(F)(F)C(F)(F)C(F)(F)C(F)(F)C(F)(F)C(F)(F)C(F)(F)CCCOc1ccc(C=Nc2ccc(Cc3ccc(N=Cc4ccc(OCCCC(F)(F)C(F)(F)C(F)(F)C(F)(F)C(F)(F)C(F)(F)C(F)(F)C(F)(F)F)cc4)cc3)cc2)cc1. The van der Waals surface area contributed by atoms with Crippen molar-refractivity contribution in [3.05, 3.63) is 119 Å². The molecule has 0 unspecified atom stereocenters. The number of benzene rings is 4. The maximum atomic E-state index is 14.2. The third-order valence-electron chi connectivity index (χ3n) is 12.1. The predicted molar refractivity (Wildman–Crippen MR) is 234 cm³/mol. The first-order valence-electron chi connectivity index (χ1n) is 23.2. The van der Waals surface area contributed by atoms with Gasteiger partial charge >= 0.3 is 95.3 Å². The second-order valence-electron chi connectivity index (χ2n) is 18.4. The van der Waals surface area contributed by atoms with Crippen LogP contribution in [0.3, 0.4) is 0 Å². The van der Waals surface area contributed by atoms with Crippen LogP contribution in [0.5, 0.6) is 11.5 Å². The predicted octanol–water partition coefficient (Wildman–Crippen LogP) is 19.1. The summed E-state index contributed by atoms with van der Waals surface area (Å²) in [6.07, 6.45) is -21.2. The van der Waals surface area contributed by atoms with Gasteiger partial charge in [-0.3, -0.25) is 9.98 Å². The molecule has 4 nitrogen and oxygen atoms in total. The Labute approximate surface area is 463 Å². The Morgan fingerprint density at radius 3 is 0.747 bits per heavy atom. The summed E-state index contributed by atoms with van der Waals surface area (Å²) < 4.78 is 469. The molecule has 0 aliphatic heterocycles. The van der Waals surface area contributed by atoms with Crippen LogP contribution in [-0.2, 0) is 6.42 Å². The lowest BCUT2D eigenvalue weighted by Crippen LogP contribution is -2.74. The number of hydrogen-bond donors (Lipinski definition) is 0. The van der Waals surface area contributed by atoms with Crippen LogP contribution in [0.4, 0.5) is 161 Å². The number of alkyl halides is 34. The fourth-order valence-corrected chi connectivity index (χ4v) is 6.91. The summed E-state index contributed by atoms with van der Waals surface area (Å²) in [6.45, 7) is -2.28. The molecule has 4 aromatic rings. The third kappa shape index (κ3) is 13.3. The molecule has 0 amide bonds. The molecule has 0 saturated heterocycles. The Kier molecular flexibility index (Phi) is 20.2. The van der Waals surface area contributed by atoms with E-state index in [-0.39, 0.29) is 11.5 Å². The topological polar surface area (TPSA) is 43.2 Å². The van der Waals surface area contributed by atoms with Crippen molar-refractivity contribution in [2.45, 2.75) is 127 Å². The highest BCUT2D eigenvalue weighted by Gasteiger charge is 2.97. The van der Waals surface area contributed by atoms with Crippen molar-refractivity contribution in [3.63, 3.8) is 0 Å². The minimum absolute atomic E-state index is 0.256. The number of nitrogens with zero attached hydrogens (tertiary/aromatic N) is 2. The molecule has 38 heteroatoms. The molecule has 0 fully saturated rings. The molecule has 4 rings (SSSR count). The van der Waals surface area contributed by atoms with Crippen LogP contribution in [0, 0.1) is 0 Å². The maximum Gasteiger partial charge on any atom is 0.460 e. The molecule has 4 aromatic carbocycles. The van der Waals surface area contributed by atoms with Crippen LogP contribution < -0.4 is 9.47 Å². The lowest BCUT2D eigenvalue weighted by molar-refractivity contribution is -0.461. The number of aliphatic imine (C=N–C) groups is 2. The first kappa shape index (κ1) is 72.9. The minimum atomic E-state index is -8.73. The second-order valence-corrected chi connectivity index (χ2v) is 18.4. The fourth-order valence-electron chi connectivity index (χ4n) is 6.91. The Morgan fingerprint density at radius 2 is 0.506 bits per heavy atom. The van der Waals surface area contributed by atoms with E-state index in [4.69, 9.17) is 9.47 Å². The molecule has 0 radical (unpaired) electrons. The summed E-state index contributed by atoms with van der Waals surface area (Å²) in [5.41, 5.74) is 2.85. The summed E-state index contributed by atoms with van der Waals surface area (Å²) in [6, 6.07) is 22.4. The Morgan fingerprint density at radius 1 is 0.276 bits per heavy atom. The molecular weight excluding hydrogens is 1290 g/mol. The van der Waals surface area contributed by atoms with Gasteiger partial charge in [0.2, 0.25) is 0 Å². The fraction of sp³-hybridized carbons (Fsp3) is 0.469. The highest BCUT2D eigenvalue weighted by molar-refractivity contribution is 5.82. The van der Waals surface area contributed by atoms with Crippen molar-refractivity contribution in [2.24, 2.45) is 9.98 Å². The van der Waals surface area contributed by atoms with Crippen LogP contribution in [0.1, 0.15) is 47.9 Å². The molecule has 0 atom stereocenters. The van der Waals surface area contributed by atoms with E-state index in [0.29, 0.717) is 28.9 Å². The zero-order chi connectivity index (χ0) is 67.1. The lowest BCUT2D eigenvalue weighted by Gasteiger charge is -2.42. The lowest BCUT2D eigenvalue weighted by atomic mass is 9.88. The smallest absolute Gasteiger partial charge is 0.460 e. The summed E-state index contributed by atoms with van der Waals surface area (Å²) in [5, 5.41) is 0. The zero-order valence-electron chi connectivity index (χ0n) is 41.9. The molecule has 0 aromatic heterocycles. The number of hydrogen-bond acceptors (Lipinski definition) is 4. The van der Waals surface area contributed by atoms with Crippen molar-refractivity contribution in [2.75, 3.05) is 13.2 Å². The molecule has 0 bridgehead atoms. The van der Waals surface area contributed by atoms with Gasteiger partial charge in [0.25, 0.3) is 0 Å². The highest BCUT2D eigenvalue weighted by Crippen LogP contribution is 2.66. The van der Waals surface area contributed by atoms with E-state index in [0.717, 1.165) is 35.4 Å². The van der Waals surface area contributed by atoms with Gasteiger partial charge in [0.05, 0.1) is 24.6 Å². The Hall–Kier alpha value is -6.56. The normalized spacial score (nSPS) is 15.0. The molecule has 488 valence electrons. The summed E-state index contributed by atoms with van der Waals surface area (Å²) in [4.78, 5) is 8.41. The van der Waals surface area contributed by atoms with E-state index >= 15 is 0 Å². The summed E-state index contributed by atoms with van der Waals surface area (Å²) >= 11 is 0. The molecule has 0 aliphatic rings. The van der Waals surface area contributed by atoms with E-state index in [1.54, 1.807) is 48.5 Å². The van der Waals surface area contributed by atoms with Gasteiger partial charge in [-0.25, -0.2) is 0 Å². The molecule has 0 N–H and O–H groups in total. The third-order valence-corrected chi connectivity index (χ3v) is 12.1. The van der Waals surface area contributed by atoms with E-state index < -0.39 is 134 Å². The van der Waals surface area contributed by atoms with Crippen LogP contribution >= 0.6 is 0 Å². The summed E-state index contributed by atoms with van der Waals surface area (Å²) in [7, 11) is 0. The minimum Gasteiger partial charge on any atom is -0.494 e. The monoisotopic (exact) mass is 1330 g/mol. The first-order valence-corrected chi connectivity index (χ1v) is 23.2. The van der Waals surface area contributed by atoms with Gasteiger partial charge < -0.3 is 9.47 Å². The van der Waals surface area contributed by atoms with Gasteiger partial charge in [-0.2, -0.15) is 149 Å². The standard InChI is InChI=1S/C49H32F34N2O2/c50-34(51,36(54,55)38(58,59)40(62,63)42(66,67)44(70,71)46(74,75)48(78,79)80)19-1-21-86-32-15-7-28(8-16-32)24-84-30-11-3-26(4-12-30)23-27-5-13-31(14-6-27)85-25-29-9-17-33(18-10-29)87-22-2-20-35(52,53)37(56,57)39(60,61)41(64,65)43(68,69)45(72,73)47(76,77)49(81,82)83/h3-18,24-25H,1-2,19-23H2. The van der Waals surface area contributed by atoms with E-state index in [2.05, 4.69) is 9.98 Å². The van der Waals surface area contributed by atoms with Gasteiger partial charge in [0.15, 0.2) is 0 Å². The van der Waals surface area contributed by atoms with Crippen molar-refractivity contribution in [1.29, 1.82) is 0 Å². The molecule has 0 saturated carbocycles. The van der Waals surface area contributed by atoms with Crippen LogP contribution in [0.2, 0.25) is 0 Å². The summed E-state index contributed by atoms with van der Waals surface area (Å²) in [5.74, 6) is -115. The molecule has 0 heterocycles. The van der Waals surface area contributed by atoms with Crippen molar-refractivity contribution < 1.29 is 159 Å². The molecule has 87 heavy (non-hydrogen) atoms. The van der Waals surface area contributed by atoms with Crippen molar-refractivity contribution >= 4 is 23.8 Å². The van der Waals surface area contributed by atoms with Gasteiger partial charge in [-0.1, -0.05) is 24.3 Å². The first-order chi connectivity index (χ1) is 39.0. The number of rotatable bonds is 28. The Bertz CT molecular complexity index is 2780. The van der Waals surface area contributed by atoms with Crippen LogP contribution in [-0.4, -0.2) is 121 Å². The second kappa shape index (κ2) is 24.1. The average molecular weight is 1330 g/mol. The number of ether oxygens (including phenoxy) is 2. The van der Waals surface area contributed by atoms with Crippen LogP contribution in [0.25, 0.3) is 0 Å². The van der Waals surface area contributed by atoms with Gasteiger partial charge in [0, 0.05) is 25.3 Å². The van der Waals surface area contributed by atoms with Gasteiger partial charge in [-0.15, -0.1) is 0 Å². The molecular formula is C49H32F34N2O2. The van der Waals surface area contributed by atoms with E-state index in [1.807, 2.05) is 0 Å².